The van der Waals surface area contributed by atoms with Gasteiger partial charge in [-0.05, 0) is 24.7 Å². The number of hydrogen-bond acceptors (Lipinski definition) is 1. The first-order valence-corrected chi connectivity index (χ1v) is 4.52. The van der Waals surface area contributed by atoms with Crippen LogP contribution in [-0.4, -0.2) is 10.7 Å². The fourth-order valence-corrected chi connectivity index (χ4v) is 1.20. The predicted molar refractivity (Wildman–Crippen MR) is 49.5 cm³/mol. The second-order valence-electron chi connectivity index (χ2n) is 4.41. The molecule has 0 aliphatic rings. The summed E-state index contributed by atoms with van der Waals surface area (Å²) in [6.45, 7) is 12.5. The molecule has 1 nitrogen and oxygen atoms in total. The molecule has 0 spiro atoms. The highest BCUT2D eigenvalue weighted by atomic mass is 16.3. The quantitative estimate of drug-likeness (QED) is 0.669. The van der Waals surface area contributed by atoms with Crippen LogP contribution in [0, 0.1) is 17.8 Å². The zero-order valence-electron chi connectivity index (χ0n) is 8.68. The zero-order chi connectivity index (χ0) is 9.23. The van der Waals surface area contributed by atoms with Gasteiger partial charge in [-0.1, -0.05) is 34.6 Å². The largest absolute Gasteiger partial charge is 0.390 e. The average molecular weight is 158 g/mol. The van der Waals surface area contributed by atoms with Gasteiger partial charge in [0.25, 0.3) is 0 Å². The third-order valence-corrected chi connectivity index (χ3v) is 3.09. The fourth-order valence-electron chi connectivity index (χ4n) is 1.20. The SMILES string of the molecule is CC(C)[C@@H](C)[C@](C)(O)C(C)C. The van der Waals surface area contributed by atoms with Crippen molar-refractivity contribution >= 4 is 0 Å². The summed E-state index contributed by atoms with van der Waals surface area (Å²) in [6.07, 6.45) is 0. The van der Waals surface area contributed by atoms with Gasteiger partial charge in [0, 0.05) is 0 Å². The minimum absolute atomic E-state index is 0.333. The lowest BCUT2D eigenvalue weighted by molar-refractivity contribution is -0.0512. The van der Waals surface area contributed by atoms with Gasteiger partial charge in [-0.15, -0.1) is 0 Å². The van der Waals surface area contributed by atoms with Crippen LogP contribution in [0.5, 0.6) is 0 Å². The van der Waals surface area contributed by atoms with E-state index in [2.05, 4.69) is 34.6 Å². The molecule has 0 aromatic heterocycles. The molecular formula is C10H22O. The van der Waals surface area contributed by atoms with Gasteiger partial charge in [-0.3, -0.25) is 0 Å². The Labute approximate surface area is 70.8 Å². The first-order valence-electron chi connectivity index (χ1n) is 4.52. The molecule has 1 N–H and O–H groups in total. The number of hydrogen-bond donors (Lipinski definition) is 1. The minimum atomic E-state index is -0.520. The molecule has 0 radical (unpaired) electrons. The molecule has 0 heterocycles. The van der Waals surface area contributed by atoms with E-state index in [4.69, 9.17) is 0 Å². The zero-order valence-corrected chi connectivity index (χ0v) is 8.68. The van der Waals surface area contributed by atoms with Crippen molar-refractivity contribution < 1.29 is 5.11 Å². The van der Waals surface area contributed by atoms with Gasteiger partial charge in [0.15, 0.2) is 0 Å². The Morgan fingerprint density at radius 1 is 1.00 bits per heavy atom. The summed E-state index contributed by atoms with van der Waals surface area (Å²) in [7, 11) is 0. The number of rotatable bonds is 3. The van der Waals surface area contributed by atoms with Crippen molar-refractivity contribution in [2.75, 3.05) is 0 Å². The molecular weight excluding hydrogens is 136 g/mol. The lowest BCUT2D eigenvalue weighted by Gasteiger charge is -2.36. The van der Waals surface area contributed by atoms with Crippen molar-refractivity contribution in [3.63, 3.8) is 0 Å². The Bertz CT molecular complexity index is 114. The van der Waals surface area contributed by atoms with Gasteiger partial charge in [0.2, 0.25) is 0 Å². The van der Waals surface area contributed by atoms with Crippen LogP contribution in [0.25, 0.3) is 0 Å². The summed E-state index contributed by atoms with van der Waals surface area (Å²) in [4.78, 5) is 0. The van der Waals surface area contributed by atoms with E-state index >= 15 is 0 Å². The first kappa shape index (κ1) is 11.0. The maximum atomic E-state index is 10.0. The van der Waals surface area contributed by atoms with E-state index in [9.17, 15) is 5.11 Å². The van der Waals surface area contributed by atoms with Crippen molar-refractivity contribution in [2.24, 2.45) is 17.8 Å². The Morgan fingerprint density at radius 2 is 1.36 bits per heavy atom. The van der Waals surface area contributed by atoms with E-state index in [1.807, 2.05) is 6.92 Å². The molecule has 11 heavy (non-hydrogen) atoms. The van der Waals surface area contributed by atoms with E-state index < -0.39 is 5.60 Å². The molecule has 68 valence electrons. The molecule has 1 heteroatoms. The standard InChI is InChI=1S/C10H22O/c1-7(2)9(5)10(6,11)8(3)4/h7-9,11H,1-6H3/t9-,10-/m1/s1. The summed E-state index contributed by atoms with van der Waals surface area (Å²) in [6, 6.07) is 0. The van der Waals surface area contributed by atoms with Gasteiger partial charge in [-0.25, -0.2) is 0 Å². The normalized spacial score (nSPS) is 20.5. The van der Waals surface area contributed by atoms with Gasteiger partial charge >= 0.3 is 0 Å². The van der Waals surface area contributed by atoms with Crippen LogP contribution in [-0.2, 0) is 0 Å². The van der Waals surface area contributed by atoms with Crippen LogP contribution < -0.4 is 0 Å². The summed E-state index contributed by atoms with van der Waals surface area (Å²) in [5.74, 6) is 1.25. The van der Waals surface area contributed by atoms with E-state index in [1.54, 1.807) is 0 Å². The third kappa shape index (κ3) is 2.48. The van der Waals surface area contributed by atoms with Crippen LogP contribution >= 0.6 is 0 Å². The maximum absolute atomic E-state index is 10.0. The highest BCUT2D eigenvalue weighted by Crippen LogP contribution is 2.30. The van der Waals surface area contributed by atoms with E-state index in [-0.39, 0.29) is 0 Å². The highest BCUT2D eigenvalue weighted by molar-refractivity contribution is 4.83. The van der Waals surface area contributed by atoms with Crippen LogP contribution in [0.4, 0.5) is 0 Å². The molecule has 0 amide bonds. The fraction of sp³-hybridized carbons (Fsp3) is 1.00. The maximum Gasteiger partial charge on any atom is 0.0670 e. The lowest BCUT2D eigenvalue weighted by atomic mass is 9.76. The first-order chi connectivity index (χ1) is 4.80. The Balaban J connectivity index is 4.29. The summed E-state index contributed by atoms with van der Waals surface area (Å²) in [5.41, 5.74) is -0.520. The van der Waals surface area contributed by atoms with Gasteiger partial charge in [0.05, 0.1) is 5.60 Å². The molecule has 0 aliphatic carbocycles. The molecule has 0 rings (SSSR count). The van der Waals surface area contributed by atoms with Crippen molar-refractivity contribution in [2.45, 2.75) is 47.1 Å². The molecule has 0 fully saturated rings. The van der Waals surface area contributed by atoms with Crippen molar-refractivity contribution in [3.8, 4) is 0 Å². The van der Waals surface area contributed by atoms with Crippen LogP contribution in [0.2, 0.25) is 0 Å². The van der Waals surface area contributed by atoms with Crippen molar-refractivity contribution in [1.82, 2.24) is 0 Å². The molecule has 2 atom stereocenters. The van der Waals surface area contributed by atoms with E-state index in [0.29, 0.717) is 17.8 Å². The van der Waals surface area contributed by atoms with Crippen molar-refractivity contribution in [3.05, 3.63) is 0 Å². The van der Waals surface area contributed by atoms with Gasteiger partial charge < -0.3 is 5.11 Å². The lowest BCUT2D eigenvalue weighted by Crippen LogP contribution is -2.40. The average Bonchev–Trinajstić information content (AvgIpc) is 1.85. The Morgan fingerprint density at radius 3 is 1.45 bits per heavy atom. The van der Waals surface area contributed by atoms with Crippen molar-refractivity contribution in [1.29, 1.82) is 0 Å². The summed E-state index contributed by atoms with van der Waals surface area (Å²) < 4.78 is 0. The summed E-state index contributed by atoms with van der Waals surface area (Å²) >= 11 is 0. The molecule has 0 aromatic carbocycles. The van der Waals surface area contributed by atoms with Crippen LogP contribution in [0.3, 0.4) is 0 Å². The monoisotopic (exact) mass is 158 g/mol. The molecule has 0 saturated heterocycles. The van der Waals surface area contributed by atoms with E-state index in [0.717, 1.165) is 0 Å². The van der Waals surface area contributed by atoms with Gasteiger partial charge in [-0.2, -0.15) is 0 Å². The second-order valence-corrected chi connectivity index (χ2v) is 4.41. The minimum Gasteiger partial charge on any atom is -0.390 e. The van der Waals surface area contributed by atoms with E-state index in [1.165, 1.54) is 0 Å². The molecule has 0 aliphatic heterocycles. The molecule has 0 aromatic rings. The second kappa shape index (κ2) is 3.57. The Kier molecular flexibility index (Phi) is 3.56. The highest BCUT2D eigenvalue weighted by Gasteiger charge is 2.33. The van der Waals surface area contributed by atoms with Crippen LogP contribution in [0.1, 0.15) is 41.5 Å². The molecule has 0 bridgehead atoms. The topological polar surface area (TPSA) is 20.2 Å². The molecule has 0 unspecified atom stereocenters. The molecule has 0 saturated carbocycles. The van der Waals surface area contributed by atoms with Gasteiger partial charge in [0.1, 0.15) is 0 Å². The van der Waals surface area contributed by atoms with Crippen LogP contribution in [0.15, 0.2) is 0 Å². The smallest absolute Gasteiger partial charge is 0.0670 e. The third-order valence-electron chi connectivity index (χ3n) is 3.09. The summed E-state index contributed by atoms with van der Waals surface area (Å²) in [5, 5.41) is 10.0. The number of aliphatic hydroxyl groups is 1. The predicted octanol–water partition coefficient (Wildman–Crippen LogP) is 2.69. The Hall–Kier alpha value is -0.0400.